The number of anilines is 2. The van der Waals surface area contributed by atoms with E-state index < -0.39 is 17.5 Å². The van der Waals surface area contributed by atoms with E-state index in [1.807, 2.05) is 0 Å². The van der Waals surface area contributed by atoms with Crippen molar-refractivity contribution >= 4 is 28.9 Å². The van der Waals surface area contributed by atoms with E-state index in [4.69, 9.17) is 17.3 Å². The number of hydrogen-bond acceptors (Lipinski definition) is 2. The van der Waals surface area contributed by atoms with Gasteiger partial charge in [-0.15, -0.1) is 0 Å². The van der Waals surface area contributed by atoms with E-state index in [0.29, 0.717) is 5.69 Å². The summed E-state index contributed by atoms with van der Waals surface area (Å²) in [6.07, 6.45) is 0. The Bertz CT molecular complexity index is 647. The smallest absolute Gasteiger partial charge is 0.257 e. The van der Waals surface area contributed by atoms with Crippen molar-refractivity contribution in [3.8, 4) is 0 Å². The van der Waals surface area contributed by atoms with Crippen molar-refractivity contribution < 1.29 is 13.6 Å². The largest absolute Gasteiger partial charge is 0.399 e. The molecule has 0 saturated carbocycles. The van der Waals surface area contributed by atoms with Gasteiger partial charge in [-0.05, 0) is 30.3 Å². The molecule has 2 aromatic carbocycles. The lowest BCUT2D eigenvalue weighted by Gasteiger charge is -2.08. The molecule has 0 aliphatic rings. The molecular formula is C13H9ClF2N2O. The number of amides is 1. The quantitative estimate of drug-likeness (QED) is 0.829. The van der Waals surface area contributed by atoms with Gasteiger partial charge in [0.2, 0.25) is 0 Å². The zero-order chi connectivity index (χ0) is 14.0. The van der Waals surface area contributed by atoms with Crippen LogP contribution in [0.15, 0.2) is 36.4 Å². The number of nitrogens with one attached hydrogen (secondary N) is 1. The van der Waals surface area contributed by atoms with Crippen LogP contribution in [0.3, 0.4) is 0 Å². The molecule has 0 bridgehead atoms. The number of halogens is 3. The summed E-state index contributed by atoms with van der Waals surface area (Å²) < 4.78 is 26.7. The predicted octanol–water partition coefficient (Wildman–Crippen LogP) is 3.45. The summed E-state index contributed by atoms with van der Waals surface area (Å²) in [7, 11) is 0. The molecule has 2 rings (SSSR count). The van der Waals surface area contributed by atoms with Gasteiger partial charge in [0.25, 0.3) is 5.91 Å². The maximum Gasteiger partial charge on any atom is 0.257 e. The maximum atomic E-state index is 13.4. The van der Waals surface area contributed by atoms with E-state index in [1.54, 1.807) is 0 Å². The molecule has 98 valence electrons. The van der Waals surface area contributed by atoms with Crippen molar-refractivity contribution in [2.45, 2.75) is 0 Å². The van der Waals surface area contributed by atoms with Gasteiger partial charge in [0.05, 0.1) is 16.3 Å². The zero-order valence-corrected chi connectivity index (χ0v) is 10.3. The second-order valence-electron chi connectivity index (χ2n) is 3.79. The van der Waals surface area contributed by atoms with E-state index >= 15 is 0 Å². The molecule has 0 saturated heterocycles. The van der Waals surface area contributed by atoms with E-state index in [1.165, 1.54) is 24.3 Å². The fraction of sp³-hybridized carbons (Fsp3) is 0. The average Bonchev–Trinajstić information content (AvgIpc) is 2.37. The number of nitrogen functional groups attached to an aromatic ring is 1. The van der Waals surface area contributed by atoms with Crippen LogP contribution in [0.1, 0.15) is 10.4 Å². The zero-order valence-electron chi connectivity index (χ0n) is 9.58. The highest BCUT2D eigenvalue weighted by molar-refractivity contribution is 6.34. The highest BCUT2D eigenvalue weighted by Crippen LogP contribution is 2.22. The van der Waals surface area contributed by atoms with Crippen molar-refractivity contribution in [2.75, 3.05) is 11.1 Å². The molecule has 0 aliphatic heterocycles. The maximum absolute atomic E-state index is 13.4. The molecule has 0 heterocycles. The summed E-state index contributed by atoms with van der Waals surface area (Å²) in [5, 5.41) is 1.97. The molecule has 0 fully saturated rings. The fourth-order valence-electron chi connectivity index (χ4n) is 1.51. The Morgan fingerprint density at radius 3 is 2.63 bits per heavy atom. The Kier molecular flexibility index (Phi) is 3.66. The number of nitrogens with two attached hydrogens (primary N) is 1. The molecule has 0 atom stereocenters. The van der Waals surface area contributed by atoms with Gasteiger partial charge < -0.3 is 11.1 Å². The molecule has 0 aromatic heterocycles. The summed E-state index contributed by atoms with van der Waals surface area (Å²) in [4.78, 5) is 11.9. The summed E-state index contributed by atoms with van der Waals surface area (Å²) in [5.41, 5.74) is 5.61. The summed E-state index contributed by atoms with van der Waals surface area (Å²) in [6, 6.07) is 7.55. The highest BCUT2D eigenvalue weighted by atomic mass is 35.5. The van der Waals surface area contributed by atoms with Gasteiger partial charge in [0, 0.05) is 5.69 Å². The minimum atomic E-state index is -0.720. The van der Waals surface area contributed by atoms with E-state index in [-0.39, 0.29) is 16.3 Å². The van der Waals surface area contributed by atoms with E-state index in [0.717, 1.165) is 12.1 Å². The van der Waals surface area contributed by atoms with Crippen LogP contribution >= 0.6 is 11.6 Å². The Labute approximate surface area is 113 Å². The van der Waals surface area contributed by atoms with E-state index in [2.05, 4.69) is 5.32 Å². The lowest BCUT2D eigenvalue weighted by atomic mass is 10.2. The van der Waals surface area contributed by atoms with E-state index in [9.17, 15) is 13.6 Å². The van der Waals surface area contributed by atoms with Crippen LogP contribution in [-0.2, 0) is 0 Å². The highest BCUT2D eigenvalue weighted by Gasteiger charge is 2.15. The van der Waals surface area contributed by atoms with Gasteiger partial charge in [-0.3, -0.25) is 4.79 Å². The van der Waals surface area contributed by atoms with Gasteiger partial charge in [0.1, 0.15) is 11.6 Å². The molecular weight excluding hydrogens is 274 g/mol. The molecule has 0 radical (unpaired) electrons. The second kappa shape index (κ2) is 5.24. The first-order valence-corrected chi connectivity index (χ1v) is 5.67. The van der Waals surface area contributed by atoms with Gasteiger partial charge >= 0.3 is 0 Å². The molecule has 0 unspecified atom stereocenters. The normalized spacial score (nSPS) is 10.3. The fourth-order valence-corrected chi connectivity index (χ4v) is 1.72. The topological polar surface area (TPSA) is 55.1 Å². The SMILES string of the molecule is Nc1ccc(F)c(NC(=O)c2cccc(F)c2Cl)c1. The monoisotopic (exact) mass is 282 g/mol. The summed E-state index contributed by atoms with van der Waals surface area (Å²) >= 11 is 5.67. The molecule has 6 heteroatoms. The Morgan fingerprint density at radius 2 is 1.89 bits per heavy atom. The van der Waals surface area contributed by atoms with Crippen molar-refractivity contribution in [3.05, 3.63) is 58.6 Å². The van der Waals surface area contributed by atoms with Crippen LogP contribution in [0.2, 0.25) is 5.02 Å². The van der Waals surface area contributed by atoms with Crippen molar-refractivity contribution in [3.63, 3.8) is 0 Å². The van der Waals surface area contributed by atoms with Crippen molar-refractivity contribution in [1.29, 1.82) is 0 Å². The number of carbonyl (C=O) groups is 1. The average molecular weight is 283 g/mol. The van der Waals surface area contributed by atoms with Crippen LogP contribution in [0, 0.1) is 11.6 Å². The third-order valence-electron chi connectivity index (χ3n) is 2.43. The van der Waals surface area contributed by atoms with Crippen LogP contribution < -0.4 is 11.1 Å². The standard InChI is InChI=1S/C13H9ClF2N2O/c14-12-8(2-1-3-10(12)16)13(19)18-11-6-7(17)4-5-9(11)15/h1-6H,17H2,(H,18,19). The minimum Gasteiger partial charge on any atom is -0.399 e. The molecule has 19 heavy (non-hydrogen) atoms. The van der Waals surface area contributed by atoms with Crippen molar-refractivity contribution in [2.24, 2.45) is 0 Å². The van der Waals surface area contributed by atoms with Gasteiger partial charge in [0.15, 0.2) is 0 Å². The molecule has 3 nitrogen and oxygen atoms in total. The number of rotatable bonds is 2. The summed E-state index contributed by atoms with van der Waals surface area (Å²) in [6.45, 7) is 0. The molecule has 2 aromatic rings. The van der Waals surface area contributed by atoms with Crippen LogP contribution in [0.25, 0.3) is 0 Å². The van der Waals surface area contributed by atoms with Crippen LogP contribution in [0.4, 0.5) is 20.2 Å². The first kappa shape index (κ1) is 13.3. The lowest BCUT2D eigenvalue weighted by molar-refractivity contribution is 0.102. The second-order valence-corrected chi connectivity index (χ2v) is 4.17. The summed E-state index contributed by atoms with van der Waals surface area (Å²) in [5.74, 6) is -2.08. The molecule has 0 spiro atoms. The first-order valence-electron chi connectivity index (χ1n) is 5.29. The Morgan fingerprint density at radius 1 is 1.16 bits per heavy atom. The van der Waals surface area contributed by atoms with Gasteiger partial charge in [-0.2, -0.15) is 0 Å². The molecule has 0 aliphatic carbocycles. The molecule has 3 N–H and O–H groups in total. The number of benzene rings is 2. The Hall–Kier alpha value is -2.14. The predicted molar refractivity (Wildman–Crippen MR) is 70.2 cm³/mol. The van der Waals surface area contributed by atoms with Crippen LogP contribution in [-0.4, -0.2) is 5.91 Å². The number of carbonyl (C=O) groups excluding carboxylic acids is 1. The number of hydrogen-bond donors (Lipinski definition) is 2. The van der Waals surface area contributed by atoms with Crippen LogP contribution in [0.5, 0.6) is 0 Å². The van der Waals surface area contributed by atoms with Gasteiger partial charge in [-0.1, -0.05) is 17.7 Å². The minimum absolute atomic E-state index is 0.0801. The third-order valence-corrected chi connectivity index (χ3v) is 2.82. The Balaban J connectivity index is 2.31. The third kappa shape index (κ3) is 2.82. The lowest BCUT2D eigenvalue weighted by Crippen LogP contribution is -2.14. The molecule has 1 amide bonds. The van der Waals surface area contributed by atoms with Gasteiger partial charge in [-0.25, -0.2) is 8.78 Å². The first-order chi connectivity index (χ1) is 8.99. The van der Waals surface area contributed by atoms with Crippen molar-refractivity contribution in [1.82, 2.24) is 0 Å².